The van der Waals surface area contributed by atoms with Gasteiger partial charge >= 0.3 is 0 Å². The van der Waals surface area contributed by atoms with Crippen LogP contribution in [0.4, 0.5) is 0 Å². The number of fused-ring (bicyclic) bond motifs is 2. The molecule has 4 aromatic carbocycles. The van der Waals surface area contributed by atoms with Crippen LogP contribution in [-0.2, 0) is 21.8 Å². The topological polar surface area (TPSA) is 52.3 Å². The Morgan fingerprint density at radius 1 is 0.794 bits per heavy atom. The second-order valence-corrected chi connectivity index (χ2v) is 12.8. The first-order valence-electron chi connectivity index (χ1n) is 11.4. The fourth-order valence-electron chi connectivity index (χ4n) is 4.72. The maximum Gasteiger partial charge on any atom is 0.131 e. The highest BCUT2D eigenvalue weighted by Crippen LogP contribution is 2.50. The Morgan fingerprint density at radius 2 is 1.38 bits per heavy atom. The van der Waals surface area contributed by atoms with Gasteiger partial charge in [0.2, 0.25) is 0 Å². The van der Waals surface area contributed by atoms with Crippen LogP contribution in [0.2, 0.25) is 0 Å². The van der Waals surface area contributed by atoms with Gasteiger partial charge in [-0.05, 0) is 62.2 Å². The summed E-state index contributed by atoms with van der Waals surface area (Å²) in [6, 6.07) is 18.9. The predicted octanol–water partition coefficient (Wildman–Crippen LogP) is 8.01. The molecule has 0 aliphatic heterocycles. The van der Waals surface area contributed by atoms with Crippen LogP contribution >= 0.6 is 15.9 Å². The van der Waals surface area contributed by atoms with Crippen molar-refractivity contribution in [2.75, 3.05) is 7.11 Å². The summed E-state index contributed by atoms with van der Waals surface area (Å²) >= 11 is 3.64. The number of rotatable bonds is 3. The highest BCUT2D eigenvalue weighted by atomic mass is 79.9. The Balaban J connectivity index is 2.37. The fourth-order valence-corrected chi connectivity index (χ4v) is 6.09. The normalized spacial score (nSPS) is 13.4. The van der Waals surface area contributed by atoms with E-state index in [0.717, 1.165) is 54.0 Å². The average Bonchev–Trinajstić information content (AvgIpc) is 2.75. The summed E-state index contributed by atoms with van der Waals surface area (Å²) in [7, 11) is 0.0107. The molecule has 0 aliphatic carbocycles. The molecular formula is C29H32BrNO2S. The number of benzene rings is 4. The van der Waals surface area contributed by atoms with Crippen molar-refractivity contribution in [1.82, 2.24) is 0 Å². The molecule has 0 bridgehead atoms. The number of hydrogen-bond donors (Lipinski definition) is 1. The highest BCUT2D eigenvalue weighted by Gasteiger charge is 2.30. The molecule has 34 heavy (non-hydrogen) atoms. The third-order valence-electron chi connectivity index (χ3n) is 6.33. The number of halogens is 1. The first-order valence-corrected chi connectivity index (χ1v) is 13.4. The summed E-state index contributed by atoms with van der Waals surface area (Å²) in [5.74, 6) is 0.797. The summed E-state index contributed by atoms with van der Waals surface area (Å²) in [5, 5.41) is 10.5. The second-order valence-electron chi connectivity index (χ2n) is 10.8. The zero-order valence-corrected chi connectivity index (χ0v) is 23.3. The van der Waals surface area contributed by atoms with E-state index < -0.39 is 11.0 Å². The van der Waals surface area contributed by atoms with Gasteiger partial charge in [-0.25, -0.2) is 9.35 Å². The van der Waals surface area contributed by atoms with E-state index in [4.69, 9.17) is 9.88 Å². The molecule has 0 aromatic heterocycles. The molecule has 0 saturated carbocycles. The van der Waals surface area contributed by atoms with Crippen molar-refractivity contribution in [2.45, 2.75) is 57.3 Å². The molecule has 178 valence electrons. The minimum atomic E-state index is -1.71. The van der Waals surface area contributed by atoms with Crippen LogP contribution in [0.1, 0.15) is 52.7 Å². The van der Waals surface area contributed by atoms with Crippen LogP contribution in [0.5, 0.6) is 5.75 Å². The molecule has 0 spiro atoms. The monoisotopic (exact) mass is 537 g/mol. The van der Waals surface area contributed by atoms with E-state index in [1.165, 1.54) is 0 Å². The van der Waals surface area contributed by atoms with Crippen molar-refractivity contribution in [1.29, 1.82) is 0 Å². The van der Waals surface area contributed by atoms with Crippen LogP contribution in [0, 0.1) is 0 Å². The molecule has 1 unspecified atom stereocenters. The van der Waals surface area contributed by atoms with E-state index in [9.17, 15) is 4.21 Å². The molecule has 4 rings (SSSR count). The Morgan fingerprint density at radius 3 is 1.97 bits per heavy atom. The Bertz CT molecular complexity index is 1450. The summed E-state index contributed by atoms with van der Waals surface area (Å²) in [6.45, 7) is 13.0. The molecule has 2 N–H and O–H groups in total. The van der Waals surface area contributed by atoms with Gasteiger partial charge in [0.1, 0.15) is 16.7 Å². The zero-order chi connectivity index (χ0) is 25.0. The first-order chi connectivity index (χ1) is 15.8. The number of methoxy groups -OCH3 is 1. The quantitative estimate of drug-likeness (QED) is 0.287. The molecular weight excluding hydrogens is 506 g/mol. The van der Waals surface area contributed by atoms with Gasteiger partial charge in [-0.3, -0.25) is 0 Å². The smallest absolute Gasteiger partial charge is 0.131 e. The Kier molecular flexibility index (Phi) is 6.43. The molecule has 0 radical (unpaired) electrons. The minimum absolute atomic E-state index is 0.171. The van der Waals surface area contributed by atoms with Crippen molar-refractivity contribution in [3.05, 3.63) is 70.2 Å². The second kappa shape index (κ2) is 8.78. The van der Waals surface area contributed by atoms with Gasteiger partial charge in [0.25, 0.3) is 0 Å². The van der Waals surface area contributed by atoms with Crippen molar-refractivity contribution in [2.24, 2.45) is 5.14 Å². The lowest BCUT2D eigenvalue weighted by Gasteiger charge is -2.29. The van der Waals surface area contributed by atoms with E-state index in [1.54, 1.807) is 7.11 Å². The molecule has 0 fully saturated rings. The molecule has 0 heterocycles. The van der Waals surface area contributed by atoms with Crippen LogP contribution in [-0.4, -0.2) is 11.3 Å². The molecule has 3 nitrogen and oxygen atoms in total. The fraction of sp³-hybridized carbons (Fsp3) is 0.310. The van der Waals surface area contributed by atoms with Crippen LogP contribution in [0.3, 0.4) is 0 Å². The predicted molar refractivity (Wildman–Crippen MR) is 149 cm³/mol. The van der Waals surface area contributed by atoms with Gasteiger partial charge < -0.3 is 4.74 Å². The lowest BCUT2D eigenvalue weighted by molar-refractivity contribution is 0.400. The van der Waals surface area contributed by atoms with Crippen molar-refractivity contribution in [3.63, 3.8) is 0 Å². The highest BCUT2D eigenvalue weighted by molar-refractivity contribution is 9.10. The van der Waals surface area contributed by atoms with Gasteiger partial charge in [-0.2, -0.15) is 0 Å². The van der Waals surface area contributed by atoms with E-state index >= 15 is 0 Å². The summed E-state index contributed by atoms with van der Waals surface area (Å²) < 4.78 is 20.4. The lowest BCUT2D eigenvalue weighted by Crippen LogP contribution is -2.19. The zero-order valence-electron chi connectivity index (χ0n) is 20.9. The Hall–Kier alpha value is -2.21. The Labute approximate surface area is 213 Å². The molecule has 1 atom stereocenters. The van der Waals surface area contributed by atoms with Crippen molar-refractivity contribution >= 4 is 48.5 Å². The van der Waals surface area contributed by atoms with Gasteiger partial charge in [-0.1, -0.05) is 87.8 Å². The number of hydrogen-bond acceptors (Lipinski definition) is 2. The average molecular weight is 539 g/mol. The van der Waals surface area contributed by atoms with E-state index in [0.29, 0.717) is 4.90 Å². The van der Waals surface area contributed by atoms with Gasteiger partial charge in [0.15, 0.2) is 0 Å². The van der Waals surface area contributed by atoms with Crippen LogP contribution < -0.4 is 9.88 Å². The maximum atomic E-state index is 13.3. The van der Waals surface area contributed by atoms with Gasteiger partial charge in [0, 0.05) is 21.2 Å². The number of ether oxygens (including phenoxy) is 1. The van der Waals surface area contributed by atoms with Crippen molar-refractivity contribution < 1.29 is 8.95 Å². The number of nitrogens with two attached hydrogens (primary N) is 1. The molecule has 0 amide bonds. The molecule has 0 saturated heterocycles. The third-order valence-corrected chi connectivity index (χ3v) is 7.65. The summed E-state index contributed by atoms with van der Waals surface area (Å²) in [6.07, 6.45) is 0. The first kappa shape index (κ1) is 24.9. The minimum Gasteiger partial charge on any atom is -0.496 e. The molecule has 0 aliphatic rings. The standard InChI is InChI=1S/C29H32BrNO2S/c1-28(2,3)22-16-18-14-19(30)12-13-21(18)24(26(22)33-7)25-20-11-9-8-10-17(20)15-23(29(4,5)6)27(25)34(31)32/h8-16H,31H2,1-7H3. The van der Waals surface area contributed by atoms with Crippen molar-refractivity contribution in [3.8, 4) is 16.9 Å². The third kappa shape index (κ3) is 4.30. The SMILES string of the molecule is COc1c(C(C)(C)C)cc2cc(Br)ccc2c1-c1c(S(N)=O)c(C(C)(C)C)cc2ccccc12. The summed E-state index contributed by atoms with van der Waals surface area (Å²) in [4.78, 5) is 0.666. The van der Waals surface area contributed by atoms with Gasteiger partial charge in [-0.15, -0.1) is 0 Å². The molecule has 4 aromatic rings. The van der Waals surface area contributed by atoms with E-state index in [2.05, 4.69) is 93.9 Å². The van der Waals surface area contributed by atoms with Crippen LogP contribution in [0.25, 0.3) is 32.7 Å². The van der Waals surface area contributed by atoms with Gasteiger partial charge in [0.05, 0.1) is 12.0 Å². The largest absolute Gasteiger partial charge is 0.496 e. The van der Waals surface area contributed by atoms with E-state index in [-0.39, 0.29) is 10.8 Å². The van der Waals surface area contributed by atoms with E-state index in [1.807, 2.05) is 18.2 Å². The maximum absolute atomic E-state index is 13.3. The van der Waals surface area contributed by atoms with Crippen LogP contribution in [0.15, 0.2) is 64.0 Å². The molecule has 5 heteroatoms. The lowest BCUT2D eigenvalue weighted by atomic mass is 9.79. The summed E-state index contributed by atoms with van der Waals surface area (Å²) in [5.41, 5.74) is 3.48.